The van der Waals surface area contributed by atoms with Gasteiger partial charge in [-0.15, -0.1) is 0 Å². The maximum atomic E-state index is 12.4. The van der Waals surface area contributed by atoms with Crippen LogP contribution in [0.15, 0.2) is 40.9 Å². The molecule has 0 saturated carbocycles. The van der Waals surface area contributed by atoms with Crippen molar-refractivity contribution in [2.45, 2.75) is 19.9 Å². The Morgan fingerprint density at radius 1 is 1.10 bits per heavy atom. The van der Waals surface area contributed by atoms with E-state index in [1.54, 1.807) is 13.2 Å². The number of ether oxygens (including phenoxy) is 4. The van der Waals surface area contributed by atoms with Gasteiger partial charge in [-0.3, -0.25) is 4.79 Å². The number of carbonyl (C=O) groups excluding carboxylic acids is 2. The van der Waals surface area contributed by atoms with Crippen LogP contribution in [0.25, 0.3) is 0 Å². The van der Waals surface area contributed by atoms with Crippen LogP contribution >= 0.6 is 15.9 Å². The largest absolute Gasteiger partial charge is 0.496 e. The van der Waals surface area contributed by atoms with Gasteiger partial charge in [-0.25, -0.2) is 4.79 Å². The van der Waals surface area contributed by atoms with E-state index in [9.17, 15) is 9.59 Å². The Bertz CT molecular complexity index is 870. The first-order valence-electron chi connectivity index (χ1n) is 9.00. The molecule has 0 fully saturated rings. The molecule has 0 saturated heterocycles. The molecule has 2 aromatic carbocycles. The number of para-hydroxylation sites is 1. The lowest BCUT2D eigenvalue weighted by Gasteiger charge is -2.17. The maximum Gasteiger partial charge on any atom is 0.338 e. The number of esters is 1. The zero-order valence-corrected chi connectivity index (χ0v) is 18.4. The van der Waals surface area contributed by atoms with Gasteiger partial charge in [0.2, 0.25) is 0 Å². The van der Waals surface area contributed by atoms with Crippen molar-refractivity contribution in [2.75, 3.05) is 27.4 Å². The van der Waals surface area contributed by atoms with Crippen LogP contribution in [0.4, 0.5) is 0 Å². The minimum atomic E-state index is -0.644. The summed E-state index contributed by atoms with van der Waals surface area (Å²) in [5.74, 6) is 0.491. The number of amides is 1. The first-order chi connectivity index (χ1) is 13.9. The van der Waals surface area contributed by atoms with Crippen LogP contribution in [0.1, 0.15) is 35.8 Å². The number of carbonyl (C=O) groups is 2. The molecule has 2 rings (SSSR count). The fourth-order valence-corrected chi connectivity index (χ4v) is 3.35. The average molecular weight is 466 g/mol. The Hall–Kier alpha value is -2.74. The summed E-state index contributed by atoms with van der Waals surface area (Å²) < 4.78 is 21.8. The molecule has 0 aliphatic heterocycles. The fourth-order valence-electron chi connectivity index (χ4n) is 2.75. The number of hydrogen-bond acceptors (Lipinski definition) is 6. The van der Waals surface area contributed by atoms with Gasteiger partial charge in [0.05, 0.1) is 36.9 Å². The molecule has 156 valence electrons. The van der Waals surface area contributed by atoms with Crippen molar-refractivity contribution in [1.29, 1.82) is 0 Å². The summed E-state index contributed by atoms with van der Waals surface area (Å²) in [6.45, 7) is 3.65. The molecule has 29 heavy (non-hydrogen) atoms. The normalized spacial score (nSPS) is 11.3. The summed E-state index contributed by atoms with van der Waals surface area (Å²) in [6.07, 6.45) is 0. The third-order valence-corrected chi connectivity index (χ3v) is 4.66. The molecular weight excluding hydrogens is 442 g/mol. The Morgan fingerprint density at radius 3 is 2.48 bits per heavy atom. The van der Waals surface area contributed by atoms with Crippen molar-refractivity contribution in [1.82, 2.24) is 5.32 Å². The third kappa shape index (κ3) is 5.87. The van der Waals surface area contributed by atoms with E-state index in [-0.39, 0.29) is 11.6 Å². The maximum absolute atomic E-state index is 12.4. The quantitative estimate of drug-likeness (QED) is 0.565. The number of methoxy groups -OCH3 is 2. The van der Waals surface area contributed by atoms with Crippen molar-refractivity contribution < 1.29 is 28.5 Å². The van der Waals surface area contributed by atoms with E-state index in [4.69, 9.17) is 18.9 Å². The van der Waals surface area contributed by atoms with Crippen molar-refractivity contribution in [3.63, 3.8) is 0 Å². The number of benzene rings is 2. The monoisotopic (exact) mass is 465 g/mol. The van der Waals surface area contributed by atoms with Gasteiger partial charge in [-0.2, -0.15) is 0 Å². The number of halogens is 1. The minimum Gasteiger partial charge on any atom is -0.496 e. The molecule has 0 aromatic heterocycles. The van der Waals surface area contributed by atoms with Gasteiger partial charge in [-0.1, -0.05) is 18.2 Å². The van der Waals surface area contributed by atoms with Crippen LogP contribution < -0.4 is 19.5 Å². The molecule has 0 radical (unpaired) electrons. The Kier molecular flexibility index (Phi) is 8.33. The molecule has 1 N–H and O–H groups in total. The Labute approximate surface area is 178 Å². The Balaban J connectivity index is 2.00. The first-order valence-corrected chi connectivity index (χ1v) is 9.80. The molecule has 2 aromatic rings. The van der Waals surface area contributed by atoms with Gasteiger partial charge in [0, 0.05) is 5.56 Å². The number of rotatable bonds is 9. The fraction of sp³-hybridized carbons (Fsp3) is 0.333. The van der Waals surface area contributed by atoms with Gasteiger partial charge >= 0.3 is 5.97 Å². The van der Waals surface area contributed by atoms with Gasteiger partial charge in [0.25, 0.3) is 5.91 Å². The van der Waals surface area contributed by atoms with Crippen LogP contribution in [-0.4, -0.2) is 39.3 Å². The molecule has 0 heterocycles. The lowest BCUT2D eigenvalue weighted by molar-refractivity contribution is -0.124. The lowest BCUT2D eigenvalue weighted by atomic mass is 10.1. The van der Waals surface area contributed by atoms with Gasteiger partial charge in [0.1, 0.15) is 5.75 Å². The first kappa shape index (κ1) is 22.5. The van der Waals surface area contributed by atoms with E-state index in [0.717, 1.165) is 5.56 Å². The van der Waals surface area contributed by atoms with Gasteiger partial charge < -0.3 is 24.3 Å². The second-order valence-electron chi connectivity index (χ2n) is 6.03. The smallest absolute Gasteiger partial charge is 0.338 e. The SMILES string of the molecule is CCOc1cc(C(=O)OCC(=O)N[C@@H](C)c2ccccc2OC)cc(Br)c1OC. The van der Waals surface area contributed by atoms with E-state index in [2.05, 4.69) is 21.2 Å². The summed E-state index contributed by atoms with van der Waals surface area (Å²) in [4.78, 5) is 24.6. The highest BCUT2D eigenvalue weighted by Crippen LogP contribution is 2.36. The summed E-state index contributed by atoms with van der Waals surface area (Å²) >= 11 is 3.34. The standard InChI is InChI=1S/C21H24BrNO6/c1-5-28-18-11-14(10-16(22)20(18)27-4)21(25)29-12-19(24)23-13(2)15-8-6-7-9-17(15)26-3/h6-11,13H,5,12H2,1-4H3,(H,23,24)/t13-/m0/s1. The van der Waals surface area contributed by atoms with E-state index < -0.39 is 18.5 Å². The van der Waals surface area contributed by atoms with Crippen LogP contribution in [0, 0.1) is 0 Å². The molecule has 1 amide bonds. The zero-order chi connectivity index (χ0) is 21.4. The highest BCUT2D eigenvalue weighted by Gasteiger charge is 2.18. The molecule has 0 aliphatic carbocycles. The summed E-state index contributed by atoms with van der Waals surface area (Å²) in [6, 6.07) is 10.1. The predicted octanol–water partition coefficient (Wildman–Crippen LogP) is 3.90. The number of nitrogens with one attached hydrogen (secondary N) is 1. The molecular formula is C21H24BrNO6. The van der Waals surface area contributed by atoms with Crippen molar-refractivity contribution in [3.8, 4) is 17.2 Å². The van der Waals surface area contributed by atoms with Crippen molar-refractivity contribution in [2.24, 2.45) is 0 Å². The van der Waals surface area contributed by atoms with Crippen molar-refractivity contribution >= 4 is 27.8 Å². The van der Waals surface area contributed by atoms with E-state index in [1.165, 1.54) is 13.2 Å². The Morgan fingerprint density at radius 2 is 1.83 bits per heavy atom. The summed E-state index contributed by atoms with van der Waals surface area (Å²) in [5, 5.41) is 2.79. The highest BCUT2D eigenvalue weighted by molar-refractivity contribution is 9.10. The van der Waals surface area contributed by atoms with Crippen LogP contribution in [0.2, 0.25) is 0 Å². The van der Waals surface area contributed by atoms with Gasteiger partial charge in [0.15, 0.2) is 18.1 Å². The molecule has 0 aliphatic rings. The van der Waals surface area contributed by atoms with Crippen molar-refractivity contribution in [3.05, 3.63) is 52.0 Å². The molecule has 7 nitrogen and oxygen atoms in total. The highest BCUT2D eigenvalue weighted by atomic mass is 79.9. The summed E-state index contributed by atoms with van der Waals surface area (Å²) in [5.41, 5.74) is 1.07. The van der Waals surface area contributed by atoms with Crippen LogP contribution in [-0.2, 0) is 9.53 Å². The van der Waals surface area contributed by atoms with Crippen LogP contribution in [0.3, 0.4) is 0 Å². The molecule has 0 bridgehead atoms. The molecule has 1 atom stereocenters. The van der Waals surface area contributed by atoms with E-state index in [0.29, 0.717) is 28.3 Å². The van der Waals surface area contributed by atoms with Crippen LogP contribution in [0.5, 0.6) is 17.2 Å². The minimum absolute atomic E-state index is 0.242. The second kappa shape index (κ2) is 10.7. The molecule has 0 spiro atoms. The zero-order valence-electron chi connectivity index (χ0n) is 16.8. The number of hydrogen-bond donors (Lipinski definition) is 1. The van der Waals surface area contributed by atoms with E-state index in [1.807, 2.05) is 38.1 Å². The summed E-state index contributed by atoms with van der Waals surface area (Å²) in [7, 11) is 3.08. The third-order valence-electron chi connectivity index (χ3n) is 4.07. The lowest BCUT2D eigenvalue weighted by Crippen LogP contribution is -2.31. The van der Waals surface area contributed by atoms with E-state index >= 15 is 0 Å². The molecule has 8 heteroatoms. The predicted molar refractivity (Wildman–Crippen MR) is 112 cm³/mol. The average Bonchev–Trinajstić information content (AvgIpc) is 2.71. The van der Waals surface area contributed by atoms with Gasteiger partial charge in [-0.05, 0) is 48.0 Å². The second-order valence-corrected chi connectivity index (χ2v) is 6.88. The molecule has 0 unspecified atom stereocenters. The topological polar surface area (TPSA) is 83.1 Å².